The van der Waals surface area contributed by atoms with Crippen molar-refractivity contribution in [2.24, 2.45) is 0 Å². The second-order valence-corrected chi connectivity index (χ2v) is 7.03. The largest absolute Gasteiger partial charge is 0.481 e. The number of nitrogens with one attached hydrogen (secondary N) is 3. The first-order valence-corrected chi connectivity index (χ1v) is 8.60. The van der Waals surface area contributed by atoms with Crippen molar-refractivity contribution in [3.8, 4) is 0 Å². The Morgan fingerprint density at radius 2 is 1.81 bits per heavy atom. The molecular formula is C18H21N3O6. The number of carboxylic acids is 1. The minimum absolute atomic E-state index is 0.176. The van der Waals surface area contributed by atoms with Crippen molar-refractivity contribution in [2.45, 2.75) is 37.3 Å². The normalized spacial score (nSPS) is 24.0. The predicted octanol–water partition coefficient (Wildman–Crippen LogP) is 0.495. The van der Waals surface area contributed by atoms with E-state index in [1.807, 2.05) is 0 Å². The number of amides is 4. The van der Waals surface area contributed by atoms with Crippen LogP contribution in [0.2, 0.25) is 0 Å². The summed E-state index contributed by atoms with van der Waals surface area (Å²) in [4.78, 5) is 47.2. The van der Waals surface area contributed by atoms with Crippen LogP contribution in [0, 0.1) is 0 Å². The number of carbonyl (C=O) groups is 4. The molecule has 3 rings (SSSR count). The Labute approximate surface area is 155 Å². The summed E-state index contributed by atoms with van der Waals surface area (Å²) in [5.74, 6) is -1.84. The fourth-order valence-corrected chi connectivity index (χ4v) is 3.41. The topological polar surface area (TPSA) is 134 Å². The maximum atomic E-state index is 12.6. The molecule has 2 aliphatic heterocycles. The summed E-state index contributed by atoms with van der Waals surface area (Å²) in [7, 11) is 0. The number of hydrogen-bond donors (Lipinski definition) is 4. The zero-order valence-electron chi connectivity index (χ0n) is 14.8. The lowest BCUT2D eigenvalue weighted by Gasteiger charge is -2.36. The molecule has 0 spiro atoms. The standard InChI is InChI=1S/C18H21N3O6/c1-17(15(25)19-16(26)21-17)12-4-2-11(3-5-12)14(24)20-18(10-13(22)23)6-8-27-9-7-18/h2-5H,6-10H2,1H3,(H,20,24)(H,22,23)(H2,19,21,25,26). The lowest BCUT2D eigenvalue weighted by atomic mass is 9.86. The summed E-state index contributed by atoms with van der Waals surface area (Å²) in [5, 5.41) is 16.8. The maximum absolute atomic E-state index is 12.6. The van der Waals surface area contributed by atoms with Gasteiger partial charge in [-0.3, -0.25) is 19.7 Å². The number of imide groups is 1. The van der Waals surface area contributed by atoms with E-state index < -0.39 is 34.9 Å². The number of aliphatic carboxylic acids is 1. The number of carbonyl (C=O) groups excluding carboxylic acids is 3. The molecule has 1 unspecified atom stereocenters. The SMILES string of the molecule is CC1(c2ccc(C(=O)NC3(CC(=O)O)CCOCC3)cc2)NC(=O)NC1=O. The fraction of sp³-hybridized carbons (Fsp3) is 0.444. The van der Waals surface area contributed by atoms with Crippen LogP contribution in [-0.4, -0.2) is 47.7 Å². The van der Waals surface area contributed by atoms with E-state index >= 15 is 0 Å². The highest BCUT2D eigenvalue weighted by molar-refractivity contribution is 6.07. The molecule has 4 amide bonds. The van der Waals surface area contributed by atoms with E-state index in [1.165, 1.54) is 0 Å². The average molecular weight is 375 g/mol. The van der Waals surface area contributed by atoms with Crippen molar-refractivity contribution in [3.05, 3.63) is 35.4 Å². The third-order valence-corrected chi connectivity index (χ3v) is 5.09. The third-order valence-electron chi connectivity index (χ3n) is 5.09. The van der Waals surface area contributed by atoms with Crippen molar-refractivity contribution in [1.29, 1.82) is 0 Å². The first-order chi connectivity index (χ1) is 12.7. The first kappa shape index (κ1) is 18.8. The minimum Gasteiger partial charge on any atom is -0.481 e. The highest BCUT2D eigenvalue weighted by atomic mass is 16.5. The van der Waals surface area contributed by atoms with Crippen molar-refractivity contribution < 1.29 is 29.0 Å². The van der Waals surface area contributed by atoms with Gasteiger partial charge >= 0.3 is 12.0 Å². The molecule has 4 N–H and O–H groups in total. The van der Waals surface area contributed by atoms with Crippen LogP contribution in [0.3, 0.4) is 0 Å². The Hall–Kier alpha value is -2.94. The monoisotopic (exact) mass is 375 g/mol. The summed E-state index contributed by atoms with van der Waals surface area (Å²) < 4.78 is 5.28. The molecule has 144 valence electrons. The highest BCUT2D eigenvalue weighted by Crippen LogP contribution is 2.27. The van der Waals surface area contributed by atoms with Gasteiger partial charge in [0.2, 0.25) is 0 Å². The van der Waals surface area contributed by atoms with Crippen molar-refractivity contribution >= 4 is 23.8 Å². The molecular weight excluding hydrogens is 354 g/mol. The van der Waals surface area contributed by atoms with E-state index in [1.54, 1.807) is 31.2 Å². The van der Waals surface area contributed by atoms with Crippen LogP contribution in [0.1, 0.15) is 42.1 Å². The maximum Gasteiger partial charge on any atom is 0.322 e. The first-order valence-electron chi connectivity index (χ1n) is 8.60. The van der Waals surface area contributed by atoms with Crippen LogP contribution >= 0.6 is 0 Å². The Balaban J connectivity index is 1.76. The van der Waals surface area contributed by atoms with Crippen LogP contribution < -0.4 is 16.0 Å². The Morgan fingerprint density at radius 3 is 2.33 bits per heavy atom. The molecule has 1 atom stereocenters. The molecule has 2 fully saturated rings. The number of hydrogen-bond acceptors (Lipinski definition) is 5. The van der Waals surface area contributed by atoms with Crippen LogP contribution in [0.25, 0.3) is 0 Å². The smallest absolute Gasteiger partial charge is 0.322 e. The van der Waals surface area contributed by atoms with Gasteiger partial charge in [-0.1, -0.05) is 12.1 Å². The fourth-order valence-electron chi connectivity index (χ4n) is 3.41. The van der Waals surface area contributed by atoms with Crippen LogP contribution in [-0.2, 0) is 19.9 Å². The molecule has 2 aliphatic rings. The van der Waals surface area contributed by atoms with Gasteiger partial charge < -0.3 is 20.5 Å². The van der Waals surface area contributed by atoms with Gasteiger partial charge in [-0.25, -0.2) is 4.79 Å². The van der Waals surface area contributed by atoms with Crippen molar-refractivity contribution in [2.75, 3.05) is 13.2 Å². The van der Waals surface area contributed by atoms with E-state index in [9.17, 15) is 24.3 Å². The van der Waals surface area contributed by atoms with Gasteiger partial charge in [-0.15, -0.1) is 0 Å². The lowest BCUT2D eigenvalue weighted by molar-refractivity contribution is -0.139. The molecule has 2 saturated heterocycles. The van der Waals surface area contributed by atoms with E-state index in [0.717, 1.165) is 0 Å². The van der Waals surface area contributed by atoms with E-state index in [-0.39, 0.29) is 6.42 Å². The Morgan fingerprint density at radius 1 is 1.19 bits per heavy atom. The molecule has 27 heavy (non-hydrogen) atoms. The van der Waals surface area contributed by atoms with Gasteiger partial charge in [-0.2, -0.15) is 0 Å². The summed E-state index contributed by atoms with van der Waals surface area (Å²) in [6, 6.07) is 5.70. The van der Waals surface area contributed by atoms with Crippen LogP contribution in [0.5, 0.6) is 0 Å². The van der Waals surface area contributed by atoms with Gasteiger partial charge in [0.15, 0.2) is 0 Å². The van der Waals surface area contributed by atoms with Gasteiger partial charge in [0, 0.05) is 18.8 Å². The number of ether oxygens (including phenoxy) is 1. The van der Waals surface area contributed by atoms with Crippen LogP contribution in [0.4, 0.5) is 4.79 Å². The highest BCUT2D eigenvalue weighted by Gasteiger charge is 2.43. The lowest BCUT2D eigenvalue weighted by Crippen LogP contribution is -2.53. The zero-order chi connectivity index (χ0) is 19.7. The predicted molar refractivity (Wildman–Crippen MR) is 93.0 cm³/mol. The number of benzene rings is 1. The molecule has 0 bridgehead atoms. The molecule has 9 nitrogen and oxygen atoms in total. The van der Waals surface area contributed by atoms with E-state index in [0.29, 0.717) is 37.2 Å². The minimum atomic E-state index is -1.20. The molecule has 0 radical (unpaired) electrons. The molecule has 9 heteroatoms. The van der Waals surface area contributed by atoms with Crippen molar-refractivity contribution in [1.82, 2.24) is 16.0 Å². The Bertz CT molecular complexity index is 785. The quantitative estimate of drug-likeness (QED) is 0.554. The molecule has 0 aliphatic carbocycles. The summed E-state index contributed by atoms with van der Waals surface area (Å²) in [6.07, 6.45) is 0.672. The zero-order valence-corrected chi connectivity index (χ0v) is 14.8. The van der Waals surface area contributed by atoms with E-state index in [4.69, 9.17) is 4.74 Å². The Kier molecular flexibility index (Phi) is 4.88. The van der Waals surface area contributed by atoms with E-state index in [2.05, 4.69) is 16.0 Å². The van der Waals surface area contributed by atoms with Gasteiger partial charge in [0.1, 0.15) is 5.54 Å². The number of urea groups is 1. The summed E-state index contributed by atoms with van der Waals surface area (Å²) >= 11 is 0. The molecule has 1 aromatic rings. The molecule has 2 heterocycles. The number of carboxylic acid groups (broad SMARTS) is 1. The summed E-state index contributed by atoms with van der Waals surface area (Å²) in [5.41, 5.74) is -1.17. The second-order valence-electron chi connectivity index (χ2n) is 7.03. The van der Waals surface area contributed by atoms with Crippen LogP contribution in [0.15, 0.2) is 24.3 Å². The second kappa shape index (κ2) is 6.99. The average Bonchev–Trinajstić information content (AvgIpc) is 2.88. The molecule has 0 saturated carbocycles. The number of rotatable bonds is 5. The van der Waals surface area contributed by atoms with Gasteiger partial charge in [0.25, 0.3) is 11.8 Å². The van der Waals surface area contributed by atoms with Gasteiger partial charge in [-0.05, 0) is 37.5 Å². The van der Waals surface area contributed by atoms with Crippen molar-refractivity contribution in [3.63, 3.8) is 0 Å². The third kappa shape index (κ3) is 3.77. The summed E-state index contributed by atoms with van der Waals surface area (Å²) in [6.45, 7) is 2.35. The molecule has 0 aromatic heterocycles. The van der Waals surface area contributed by atoms with Gasteiger partial charge in [0.05, 0.1) is 12.0 Å². The molecule has 1 aromatic carbocycles.